The maximum Gasteiger partial charge on any atom is 0.231 e. The van der Waals surface area contributed by atoms with E-state index in [4.69, 9.17) is 9.47 Å². The van der Waals surface area contributed by atoms with E-state index in [0.717, 1.165) is 11.5 Å². The third-order valence-electron chi connectivity index (χ3n) is 2.06. The average Bonchev–Trinajstić information content (AvgIpc) is 2.45. The van der Waals surface area contributed by atoms with Crippen molar-refractivity contribution >= 4 is 0 Å². The first kappa shape index (κ1) is 8.91. The van der Waals surface area contributed by atoms with Crippen LogP contribution >= 0.6 is 0 Å². The molecule has 2 nitrogen and oxygen atoms in total. The van der Waals surface area contributed by atoms with Gasteiger partial charge in [0.1, 0.15) is 0 Å². The summed E-state index contributed by atoms with van der Waals surface area (Å²) in [5, 5.41) is 0. The smallest absolute Gasteiger partial charge is 0.231 e. The van der Waals surface area contributed by atoms with Gasteiger partial charge in [0.2, 0.25) is 6.79 Å². The second-order valence-corrected chi connectivity index (χ2v) is 2.74. The summed E-state index contributed by atoms with van der Waals surface area (Å²) in [5.74, 6) is 1.78. The zero-order chi connectivity index (χ0) is 7.84. The second-order valence-electron chi connectivity index (χ2n) is 2.74. The Balaban J connectivity index is 0.000000720. The van der Waals surface area contributed by atoms with Crippen molar-refractivity contribution in [1.82, 2.24) is 0 Å². The minimum Gasteiger partial charge on any atom is -0.454 e. The topological polar surface area (TPSA) is 18.5 Å². The lowest BCUT2D eigenvalue weighted by Gasteiger charge is -2.02. The SMILES string of the molecule is C.Cc1ccc2c(c1C)OCO2. The second kappa shape index (κ2) is 3.05. The lowest BCUT2D eigenvalue weighted by atomic mass is 10.1. The van der Waals surface area contributed by atoms with Gasteiger partial charge >= 0.3 is 0 Å². The fourth-order valence-electron chi connectivity index (χ4n) is 1.21. The molecule has 0 atom stereocenters. The van der Waals surface area contributed by atoms with Crippen molar-refractivity contribution in [2.75, 3.05) is 6.79 Å². The van der Waals surface area contributed by atoms with E-state index in [0.29, 0.717) is 6.79 Å². The van der Waals surface area contributed by atoms with E-state index in [9.17, 15) is 0 Å². The van der Waals surface area contributed by atoms with Crippen LogP contribution in [-0.2, 0) is 0 Å². The Bertz CT molecular complexity index is 292. The van der Waals surface area contributed by atoms with Crippen LogP contribution in [0.4, 0.5) is 0 Å². The van der Waals surface area contributed by atoms with Crippen LogP contribution in [0.5, 0.6) is 11.5 Å². The summed E-state index contributed by atoms with van der Waals surface area (Å²) in [7, 11) is 0. The molecule has 0 saturated heterocycles. The molecule has 1 aromatic rings. The molecule has 0 bridgehead atoms. The highest BCUT2D eigenvalue weighted by atomic mass is 16.7. The first-order valence-electron chi connectivity index (χ1n) is 3.65. The van der Waals surface area contributed by atoms with Gasteiger partial charge in [-0.25, -0.2) is 0 Å². The fourth-order valence-corrected chi connectivity index (χ4v) is 1.21. The summed E-state index contributed by atoms with van der Waals surface area (Å²) in [4.78, 5) is 0. The summed E-state index contributed by atoms with van der Waals surface area (Å²) < 4.78 is 10.5. The van der Waals surface area contributed by atoms with E-state index < -0.39 is 0 Å². The highest BCUT2D eigenvalue weighted by molar-refractivity contribution is 5.50. The number of hydrogen-bond acceptors (Lipinski definition) is 2. The Labute approximate surface area is 73.1 Å². The zero-order valence-electron chi connectivity index (χ0n) is 6.68. The Hall–Kier alpha value is -1.18. The van der Waals surface area contributed by atoms with Crippen molar-refractivity contribution in [3.8, 4) is 11.5 Å². The summed E-state index contributed by atoms with van der Waals surface area (Å²) in [6, 6.07) is 3.99. The molecule has 1 aliphatic rings. The van der Waals surface area contributed by atoms with Crippen molar-refractivity contribution in [1.29, 1.82) is 0 Å². The summed E-state index contributed by atoms with van der Waals surface area (Å²) >= 11 is 0. The van der Waals surface area contributed by atoms with Gasteiger partial charge in [0, 0.05) is 0 Å². The lowest BCUT2D eigenvalue weighted by Crippen LogP contribution is -1.93. The van der Waals surface area contributed by atoms with Gasteiger partial charge in [-0.1, -0.05) is 13.5 Å². The molecular weight excluding hydrogens is 152 g/mol. The predicted octanol–water partition coefficient (Wildman–Crippen LogP) is 2.67. The quantitative estimate of drug-likeness (QED) is 0.590. The molecule has 0 aliphatic carbocycles. The highest BCUT2D eigenvalue weighted by Crippen LogP contribution is 2.36. The molecule has 2 heteroatoms. The molecule has 0 N–H and O–H groups in total. The molecule has 2 rings (SSSR count). The molecule has 0 radical (unpaired) electrons. The molecule has 0 amide bonds. The highest BCUT2D eigenvalue weighted by Gasteiger charge is 2.15. The third kappa shape index (κ3) is 1.13. The molecule has 0 unspecified atom stereocenters. The fraction of sp³-hybridized carbons (Fsp3) is 0.400. The molecule has 66 valence electrons. The molecule has 0 spiro atoms. The molecule has 1 aliphatic heterocycles. The largest absolute Gasteiger partial charge is 0.454 e. The predicted molar refractivity (Wildman–Crippen MR) is 48.8 cm³/mol. The van der Waals surface area contributed by atoms with E-state index in [-0.39, 0.29) is 7.43 Å². The number of hydrogen-bond donors (Lipinski definition) is 0. The minimum atomic E-state index is 0. The van der Waals surface area contributed by atoms with Gasteiger partial charge in [-0.05, 0) is 31.0 Å². The first-order valence-corrected chi connectivity index (χ1v) is 3.65. The van der Waals surface area contributed by atoms with Crippen LogP contribution in [-0.4, -0.2) is 6.79 Å². The van der Waals surface area contributed by atoms with Gasteiger partial charge < -0.3 is 9.47 Å². The Morgan fingerprint density at radius 2 is 1.92 bits per heavy atom. The van der Waals surface area contributed by atoms with E-state index >= 15 is 0 Å². The van der Waals surface area contributed by atoms with Crippen LogP contribution in [0.3, 0.4) is 0 Å². The Morgan fingerprint density at radius 1 is 1.17 bits per heavy atom. The maximum atomic E-state index is 5.29. The average molecular weight is 166 g/mol. The van der Waals surface area contributed by atoms with Crippen molar-refractivity contribution < 1.29 is 9.47 Å². The molecule has 1 aromatic carbocycles. The molecule has 0 fully saturated rings. The van der Waals surface area contributed by atoms with E-state index in [1.807, 2.05) is 19.1 Å². The summed E-state index contributed by atoms with van der Waals surface area (Å²) in [5.41, 5.74) is 2.43. The van der Waals surface area contributed by atoms with E-state index in [2.05, 4.69) is 6.92 Å². The molecular formula is C10H14O2. The first-order chi connectivity index (χ1) is 5.29. The zero-order valence-corrected chi connectivity index (χ0v) is 6.68. The molecule has 0 saturated carbocycles. The standard InChI is InChI=1S/C9H10O2.CH4/c1-6-3-4-8-9(7(6)2)11-5-10-8;/h3-4H,5H2,1-2H3;1H4. The normalized spacial score (nSPS) is 12.5. The van der Waals surface area contributed by atoms with Gasteiger partial charge in [0.15, 0.2) is 11.5 Å². The van der Waals surface area contributed by atoms with Crippen molar-refractivity contribution in [3.05, 3.63) is 23.3 Å². The van der Waals surface area contributed by atoms with Crippen LogP contribution in [0.1, 0.15) is 18.6 Å². The number of ether oxygens (including phenoxy) is 2. The van der Waals surface area contributed by atoms with Gasteiger partial charge in [0.25, 0.3) is 0 Å². The molecule has 0 aromatic heterocycles. The van der Waals surface area contributed by atoms with Crippen LogP contribution in [0.25, 0.3) is 0 Å². The number of rotatable bonds is 0. The number of fused-ring (bicyclic) bond motifs is 1. The summed E-state index contributed by atoms with van der Waals surface area (Å²) in [6.07, 6.45) is 0. The number of benzene rings is 1. The third-order valence-corrected chi connectivity index (χ3v) is 2.06. The Kier molecular flexibility index (Phi) is 2.27. The lowest BCUT2D eigenvalue weighted by molar-refractivity contribution is 0.173. The maximum absolute atomic E-state index is 5.29. The van der Waals surface area contributed by atoms with Crippen LogP contribution in [0.2, 0.25) is 0 Å². The van der Waals surface area contributed by atoms with Gasteiger partial charge in [-0.3, -0.25) is 0 Å². The van der Waals surface area contributed by atoms with Crippen molar-refractivity contribution in [2.45, 2.75) is 21.3 Å². The number of aryl methyl sites for hydroxylation is 1. The molecule has 12 heavy (non-hydrogen) atoms. The van der Waals surface area contributed by atoms with Crippen molar-refractivity contribution in [2.24, 2.45) is 0 Å². The van der Waals surface area contributed by atoms with Crippen LogP contribution in [0, 0.1) is 13.8 Å². The van der Waals surface area contributed by atoms with Gasteiger partial charge in [0.05, 0.1) is 0 Å². The monoisotopic (exact) mass is 166 g/mol. The summed E-state index contributed by atoms with van der Waals surface area (Å²) in [6.45, 7) is 4.47. The van der Waals surface area contributed by atoms with Crippen LogP contribution in [0.15, 0.2) is 12.1 Å². The van der Waals surface area contributed by atoms with Crippen molar-refractivity contribution in [3.63, 3.8) is 0 Å². The van der Waals surface area contributed by atoms with Gasteiger partial charge in [-0.2, -0.15) is 0 Å². The molecule has 1 heterocycles. The van der Waals surface area contributed by atoms with Crippen LogP contribution < -0.4 is 9.47 Å². The van der Waals surface area contributed by atoms with E-state index in [1.165, 1.54) is 11.1 Å². The van der Waals surface area contributed by atoms with Gasteiger partial charge in [-0.15, -0.1) is 0 Å². The Morgan fingerprint density at radius 3 is 2.67 bits per heavy atom. The van der Waals surface area contributed by atoms with E-state index in [1.54, 1.807) is 0 Å². The minimum absolute atomic E-state index is 0.